The Bertz CT molecular complexity index is 24.8. The van der Waals surface area contributed by atoms with Crippen LogP contribution in [0.4, 0.5) is 0 Å². The van der Waals surface area contributed by atoms with Crippen LogP contribution in [0.5, 0.6) is 0 Å². The second-order valence-electron chi connectivity index (χ2n) is 0.224. The van der Waals surface area contributed by atoms with Crippen LogP contribution < -0.4 is 0 Å². The Kier molecular flexibility index (Phi) is 2.87. The predicted molar refractivity (Wildman–Crippen MR) is 10.6 cm³/mol. The third kappa shape index (κ3) is 3.32. The highest BCUT2D eigenvalue weighted by Gasteiger charge is 1.64. The zero-order valence-electron chi connectivity index (χ0n) is 2.12. The summed E-state index contributed by atoms with van der Waals surface area (Å²) in [6.45, 7) is 0. The quantitative estimate of drug-likeness (QED) is 0.289. The average molecular weight is 79.0 g/mol. The first kappa shape index (κ1) is 4.32. The van der Waals surface area contributed by atoms with E-state index >= 15 is 0 Å². The third-order valence-corrected chi connectivity index (χ3v) is 0.0638. The topological polar surface area (TPSA) is 68.1 Å². The zero-order valence-corrected chi connectivity index (χ0v) is 2.12. The fraction of sp³-hybridized carbons (Fsp3) is 0. The molecule has 5 heavy (non-hydrogen) atoms. The van der Waals surface area contributed by atoms with Crippen molar-refractivity contribution in [2.24, 2.45) is 5.34 Å². The van der Waals surface area contributed by atoms with Gasteiger partial charge in [0.1, 0.15) is 0 Å². The molecular weight excluding hydrogens is 78.0 g/mol. The van der Waals surface area contributed by atoms with Gasteiger partial charge in [-0.25, -0.2) is 5.26 Å². The number of rotatable bonds is 2. The number of hydrogen-bond donors (Lipinski definition) is 1. The van der Waals surface area contributed by atoms with Gasteiger partial charge >= 0.3 is 0 Å². The van der Waals surface area contributed by atoms with Gasteiger partial charge in [0, 0.05) is 5.04 Å². The molecule has 0 atom stereocenters. The molecule has 0 aromatic rings. The Morgan fingerprint density at radius 2 is 2.40 bits per heavy atom. The van der Waals surface area contributed by atoms with E-state index in [1.807, 2.05) is 0 Å². The molecule has 0 aliphatic rings. The lowest BCUT2D eigenvalue weighted by molar-refractivity contribution is -0.493. The van der Waals surface area contributed by atoms with E-state index in [2.05, 4.69) is 10.0 Å². The Balaban J connectivity index is 2.40. The van der Waals surface area contributed by atoms with Gasteiger partial charge in [-0.05, 0) is 0 Å². The van der Waals surface area contributed by atoms with Crippen LogP contribution in [-0.4, -0.2) is 5.26 Å². The van der Waals surface area contributed by atoms with Crippen molar-refractivity contribution in [3.63, 3.8) is 0 Å². The van der Waals surface area contributed by atoms with Crippen molar-refractivity contribution in [2.45, 2.75) is 0 Å². The molecule has 0 unspecified atom stereocenters. The zero-order chi connectivity index (χ0) is 4.12. The van der Waals surface area contributed by atoms with Gasteiger partial charge in [-0.15, -0.1) is 9.90 Å². The molecule has 0 heterocycles. The molecule has 0 aromatic carbocycles. The van der Waals surface area contributed by atoms with Gasteiger partial charge in [0.2, 0.25) is 0 Å². The highest BCUT2D eigenvalue weighted by Crippen LogP contribution is 1.64. The lowest BCUT2D eigenvalue weighted by Gasteiger charge is -1.72. The summed E-state index contributed by atoms with van der Waals surface area (Å²) in [7, 11) is 0. The Hall–Kier alpha value is -0.680. The second-order valence-corrected chi connectivity index (χ2v) is 0.224. The van der Waals surface area contributed by atoms with Gasteiger partial charge in [0.25, 0.3) is 0 Å². The molecular formula is HNO4. The van der Waals surface area contributed by atoms with Crippen LogP contribution in [0.3, 0.4) is 0 Å². The van der Waals surface area contributed by atoms with Crippen molar-refractivity contribution in [2.75, 3.05) is 0 Å². The maximum atomic E-state index is 8.65. The van der Waals surface area contributed by atoms with Crippen molar-refractivity contribution in [1.82, 2.24) is 0 Å². The minimum absolute atomic E-state index is 1.63. The molecule has 0 aliphatic carbocycles. The summed E-state index contributed by atoms with van der Waals surface area (Å²) in [6, 6.07) is 0. The van der Waals surface area contributed by atoms with Crippen molar-refractivity contribution < 1.29 is 15.3 Å². The highest BCUT2D eigenvalue weighted by atomic mass is 17.5. The first-order chi connectivity index (χ1) is 2.41. The van der Waals surface area contributed by atoms with Crippen molar-refractivity contribution in [3.8, 4) is 0 Å². The molecule has 0 radical (unpaired) electrons. The molecule has 0 bridgehead atoms. The highest BCUT2D eigenvalue weighted by molar-refractivity contribution is 3.86. The van der Waals surface area contributed by atoms with E-state index in [1.165, 1.54) is 0 Å². The van der Waals surface area contributed by atoms with E-state index in [0.717, 1.165) is 0 Å². The standard InChI is InChI=1S/HNO4/c2-1-4-5-3/h3H. The number of nitrogens with zero attached hydrogens (tertiary/aromatic N) is 1. The van der Waals surface area contributed by atoms with E-state index < -0.39 is 0 Å². The van der Waals surface area contributed by atoms with E-state index in [-0.39, 0.29) is 0 Å². The Morgan fingerprint density at radius 3 is 2.40 bits per heavy atom. The minimum atomic E-state index is 1.63. The Morgan fingerprint density at radius 1 is 1.80 bits per heavy atom. The SMILES string of the molecule is O=NOOO. The molecule has 1 N–H and O–H groups in total. The largest absolute Gasteiger partial charge is 0.209 e. The molecule has 5 nitrogen and oxygen atoms in total. The molecule has 0 spiro atoms. The van der Waals surface area contributed by atoms with Crippen LogP contribution in [0.15, 0.2) is 5.34 Å². The molecule has 0 saturated heterocycles. The molecule has 0 saturated carbocycles. The molecule has 0 fully saturated rings. The lowest BCUT2D eigenvalue weighted by atomic mass is 13.4. The number of hydrogen-bond acceptors (Lipinski definition) is 5. The molecule has 0 aromatic heterocycles. The summed E-state index contributed by atoms with van der Waals surface area (Å²) in [5, 5.41) is 11.4. The summed E-state index contributed by atoms with van der Waals surface area (Å²) in [6.07, 6.45) is 0. The van der Waals surface area contributed by atoms with E-state index in [0.29, 0.717) is 0 Å². The first-order valence-corrected chi connectivity index (χ1v) is 0.714. The first-order valence-electron chi connectivity index (χ1n) is 0.714. The van der Waals surface area contributed by atoms with Gasteiger partial charge in [-0.3, -0.25) is 0 Å². The smallest absolute Gasteiger partial charge is 0.193 e. The lowest BCUT2D eigenvalue weighted by Crippen LogP contribution is -1.72. The monoisotopic (exact) mass is 79.0 g/mol. The molecule has 5 heteroatoms. The molecule has 0 amide bonds. The minimum Gasteiger partial charge on any atom is -0.209 e. The summed E-state index contributed by atoms with van der Waals surface area (Å²) in [5.74, 6) is 0. The summed E-state index contributed by atoms with van der Waals surface area (Å²) in [4.78, 5) is 11.6. The fourth-order valence-electron chi connectivity index (χ4n) is 0.0136. The van der Waals surface area contributed by atoms with Crippen LogP contribution in [0, 0.1) is 4.91 Å². The maximum absolute atomic E-state index is 8.65. The van der Waals surface area contributed by atoms with E-state index in [9.17, 15) is 0 Å². The predicted octanol–water partition coefficient (Wildman–Crippen LogP) is 0.0890. The second kappa shape index (κ2) is 3.32. The van der Waals surface area contributed by atoms with E-state index in [4.69, 9.17) is 10.2 Å². The normalized spacial score (nSPS) is 6.60. The van der Waals surface area contributed by atoms with Crippen molar-refractivity contribution in [3.05, 3.63) is 4.91 Å². The van der Waals surface area contributed by atoms with Gasteiger partial charge in [-0.1, -0.05) is 0 Å². The molecule has 0 aliphatic heterocycles. The molecule has 30 valence electrons. The summed E-state index contributed by atoms with van der Waals surface area (Å²) < 4.78 is 0. The third-order valence-electron chi connectivity index (χ3n) is 0.0638. The van der Waals surface area contributed by atoms with Crippen LogP contribution in [0.1, 0.15) is 0 Å². The summed E-state index contributed by atoms with van der Waals surface area (Å²) in [5.41, 5.74) is 0. The van der Waals surface area contributed by atoms with Crippen molar-refractivity contribution >= 4 is 0 Å². The summed E-state index contributed by atoms with van der Waals surface area (Å²) >= 11 is 0. The van der Waals surface area contributed by atoms with Gasteiger partial charge in [0.05, 0.1) is 0 Å². The van der Waals surface area contributed by atoms with Gasteiger partial charge < -0.3 is 0 Å². The van der Waals surface area contributed by atoms with Crippen LogP contribution >= 0.6 is 0 Å². The molecule has 0 rings (SSSR count). The van der Waals surface area contributed by atoms with Crippen LogP contribution in [0.25, 0.3) is 0 Å². The average Bonchev–Trinajstić information content (AvgIpc) is 1.41. The van der Waals surface area contributed by atoms with Crippen molar-refractivity contribution in [1.29, 1.82) is 0 Å². The van der Waals surface area contributed by atoms with E-state index in [1.54, 1.807) is 5.34 Å². The Labute approximate surface area is 26.9 Å². The maximum Gasteiger partial charge on any atom is 0.193 e. The van der Waals surface area contributed by atoms with Crippen LogP contribution in [0.2, 0.25) is 0 Å². The fourth-order valence-corrected chi connectivity index (χ4v) is 0.0136. The van der Waals surface area contributed by atoms with Gasteiger partial charge in [0.15, 0.2) is 5.34 Å². The van der Waals surface area contributed by atoms with Gasteiger partial charge in [-0.2, -0.15) is 0 Å². The van der Waals surface area contributed by atoms with Crippen LogP contribution in [-0.2, 0) is 10.0 Å².